The molecule has 136 valence electrons. The number of hydrogen-bond donors (Lipinski definition) is 2. The molecule has 2 N–H and O–H groups in total. The molecule has 5 rings (SSSR count). The summed E-state index contributed by atoms with van der Waals surface area (Å²) in [5.74, 6) is 0. The Morgan fingerprint density at radius 3 is 2.71 bits per heavy atom. The van der Waals surface area contributed by atoms with Crippen LogP contribution in [0.3, 0.4) is 0 Å². The standard InChI is InChI=1S/C22H16N4O2/c27-22(28)26-9-6-18-15(2-1-3-20(18)26)10-17-13-25-21-19(17)11-16(12-24-21)14-4-7-23-8-5-14/h1-9,11-13H,10H2,(H,24,25)(H,27,28). The van der Waals surface area contributed by atoms with Gasteiger partial charge in [0.15, 0.2) is 0 Å². The number of carbonyl (C=O) groups is 1. The second kappa shape index (κ2) is 6.35. The van der Waals surface area contributed by atoms with Crippen molar-refractivity contribution < 1.29 is 9.90 Å². The van der Waals surface area contributed by atoms with Crippen LogP contribution in [0.15, 0.2) is 73.4 Å². The van der Waals surface area contributed by atoms with Crippen LogP contribution in [-0.4, -0.2) is 30.7 Å². The minimum Gasteiger partial charge on any atom is -0.464 e. The smallest absolute Gasteiger partial charge is 0.415 e. The van der Waals surface area contributed by atoms with E-state index in [4.69, 9.17) is 0 Å². The van der Waals surface area contributed by atoms with Gasteiger partial charge in [0.25, 0.3) is 0 Å². The number of fused-ring (bicyclic) bond motifs is 2. The van der Waals surface area contributed by atoms with Gasteiger partial charge >= 0.3 is 6.09 Å². The largest absolute Gasteiger partial charge is 0.464 e. The molecule has 4 heterocycles. The number of aromatic nitrogens is 4. The van der Waals surface area contributed by atoms with Crippen molar-refractivity contribution in [1.29, 1.82) is 0 Å². The SMILES string of the molecule is O=C(O)n1ccc2c(Cc3c[nH]c4ncc(-c5ccncc5)cc34)cccc21. The number of benzene rings is 1. The van der Waals surface area contributed by atoms with Crippen LogP contribution < -0.4 is 0 Å². The second-order valence-corrected chi connectivity index (χ2v) is 6.66. The van der Waals surface area contributed by atoms with Crippen LogP contribution in [0.1, 0.15) is 11.1 Å². The maximum absolute atomic E-state index is 11.4. The third-order valence-electron chi connectivity index (χ3n) is 5.04. The lowest BCUT2D eigenvalue weighted by molar-refractivity contribution is 0.197. The Morgan fingerprint density at radius 1 is 1.04 bits per heavy atom. The number of pyridine rings is 2. The highest BCUT2D eigenvalue weighted by Gasteiger charge is 2.13. The summed E-state index contributed by atoms with van der Waals surface area (Å²) >= 11 is 0. The summed E-state index contributed by atoms with van der Waals surface area (Å²) in [6.07, 6.45) is 8.66. The summed E-state index contributed by atoms with van der Waals surface area (Å²) in [4.78, 5) is 23.3. The predicted octanol–water partition coefficient (Wildman–Crippen LogP) is 4.70. The van der Waals surface area contributed by atoms with Gasteiger partial charge in [-0.2, -0.15) is 0 Å². The normalized spacial score (nSPS) is 11.3. The van der Waals surface area contributed by atoms with E-state index in [2.05, 4.69) is 21.0 Å². The minimum absolute atomic E-state index is 0.683. The molecule has 0 aliphatic heterocycles. The van der Waals surface area contributed by atoms with Gasteiger partial charge in [0.2, 0.25) is 0 Å². The van der Waals surface area contributed by atoms with E-state index in [0.29, 0.717) is 11.9 Å². The summed E-state index contributed by atoms with van der Waals surface area (Å²) in [7, 11) is 0. The maximum Gasteiger partial charge on any atom is 0.415 e. The predicted molar refractivity (Wildman–Crippen MR) is 107 cm³/mol. The Balaban J connectivity index is 1.59. The summed E-state index contributed by atoms with van der Waals surface area (Å²) in [5.41, 5.74) is 5.83. The first-order valence-corrected chi connectivity index (χ1v) is 8.89. The lowest BCUT2D eigenvalue weighted by atomic mass is 10.0. The van der Waals surface area contributed by atoms with Crippen LogP contribution in [0.25, 0.3) is 33.1 Å². The fourth-order valence-electron chi connectivity index (χ4n) is 3.66. The number of aromatic amines is 1. The number of nitrogens with one attached hydrogen (secondary N) is 1. The van der Waals surface area contributed by atoms with E-state index in [9.17, 15) is 9.90 Å². The number of hydrogen-bond acceptors (Lipinski definition) is 3. The molecule has 0 atom stereocenters. The molecule has 0 fully saturated rings. The van der Waals surface area contributed by atoms with Crippen LogP contribution >= 0.6 is 0 Å². The molecule has 6 nitrogen and oxygen atoms in total. The van der Waals surface area contributed by atoms with Crippen LogP contribution in [0.4, 0.5) is 4.79 Å². The summed E-state index contributed by atoms with van der Waals surface area (Å²) in [6, 6.07) is 13.7. The highest BCUT2D eigenvalue weighted by atomic mass is 16.4. The van der Waals surface area contributed by atoms with Gasteiger partial charge in [-0.25, -0.2) is 9.78 Å². The van der Waals surface area contributed by atoms with Gasteiger partial charge in [-0.3, -0.25) is 9.55 Å². The molecule has 1 aromatic carbocycles. The van der Waals surface area contributed by atoms with Gasteiger partial charge in [0, 0.05) is 53.7 Å². The second-order valence-electron chi connectivity index (χ2n) is 6.66. The fraction of sp³-hybridized carbons (Fsp3) is 0.0455. The highest BCUT2D eigenvalue weighted by molar-refractivity contribution is 5.92. The molecule has 0 spiro atoms. The monoisotopic (exact) mass is 368 g/mol. The van der Waals surface area contributed by atoms with E-state index in [-0.39, 0.29) is 0 Å². The van der Waals surface area contributed by atoms with Gasteiger partial charge < -0.3 is 10.1 Å². The first-order valence-electron chi connectivity index (χ1n) is 8.89. The Labute approximate surface area is 160 Å². The molecule has 0 aliphatic rings. The molecule has 0 aliphatic carbocycles. The van der Waals surface area contributed by atoms with E-state index >= 15 is 0 Å². The zero-order valence-corrected chi connectivity index (χ0v) is 14.8. The van der Waals surface area contributed by atoms with Crippen molar-refractivity contribution in [3.8, 4) is 11.1 Å². The van der Waals surface area contributed by atoms with Crippen LogP contribution in [0, 0.1) is 0 Å². The molecular weight excluding hydrogens is 352 g/mol. The molecule has 28 heavy (non-hydrogen) atoms. The molecule has 0 bridgehead atoms. The first kappa shape index (κ1) is 16.3. The Kier molecular flexibility index (Phi) is 3.69. The summed E-state index contributed by atoms with van der Waals surface area (Å²) in [6.45, 7) is 0. The Bertz CT molecular complexity index is 1320. The molecule has 0 saturated heterocycles. The van der Waals surface area contributed by atoms with Crippen LogP contribution in [-0.2, 0) is 6.42 Å². The maximum atomic E-state index is 11.4. The Hall–Kier alpha value is -3.93. The van der Waals surface area contributed by atoms with Gasteiger partial charge in [-0.05, 0) is 47.0 Å². The highest BCUT2D eigenvalue weighted by Crippen LogP contribution is 2.28. The third kappa shape index (κ3) is 2.63. The molecular formula is C22H16N4O2. The van der Waals surface area contributed by atoms with E-state index in [1.165, 1.54) is 4.57 Å². The van der Waals surface area contributed by atoms with Gasteiger partial charge in [-0.15, -0.1) is 0 Å². The zero-order chi connectivity index (χ0) is 19.1. The topological polar surface area (TPSA) is 83.8 Å². The van der Waals surface area contributed by atoms with Crippen molar-refractivity contribution >= 4 is 28.0 Å². The molecule has 0 unspecified atom stereocenters. The molecule has 0 saturated carbocycles. The summed E-state index contributed by atoms with van der Waals surface area (Å²) in [5, 5.41) is 11.3. The molecule has 6 heteroatoms. The van der Waals surface area contributed by atoms with Crippen LogP contribution in [0.5, 0.6) is 0 Å². The molecule has 0 radical (unpaired) electrons. The van der Waals surface area contributed by atoms with Gasteiger partial charge in [-0.1, -0.05) is 12.1 Å². The average molecular weight is 368 g/mol. The number of H-pyrrole nitrogens is 1. The van der Waals surface area contributed by atoms with Crippen LogP contribution in [0.2, 0.25) is 0 Å². The summed E-state index contributed by atoms with van der Waals surface area (Å²) < 4.78 is 1.25. The first-order chi connectivity index (χ1) is 13.7. The van der Waals surface area contributed by atoms with E-state index in [1.54, 1.807) is 18.6 Å². The van der Waals surface area contributed by atoms with E-state index in [0.717, 1.165) is 38.7 Å². The molecule has 4 aromatic heterocycles. The van der Waals surface area contributed by atoms with Crippen molar-refractivity contribution in [3.05, 3.63) is 84.6 Å². The van der Waals surface area contributed by atoms with Gasteiger partial charge in [0.1, 0.15) is 5.65 Å². The van der Waals surface area contributed by atoms with E-state index < -0.39 is 6.09 Å². The number of rotatable bonds is 3. The molecule has 5 aromatic rings. The van der Waals surface area contributed by atoms with Crippen molar-refractivity contribution in [2.45, 2.75) is 6.42 Å². The lowest BCUT2D eigenvalue weighted by Crippen LogP contribution is -2.05. The van der Waals surface area contributed by atoms with Crippen molar-refractivity contribution in [1.82, 2.24) is 19.5 Å². The fourth-order valence-corrected chi connectivity index (χ4v) is 3.66. The average Bonchev–Trinajstić information content (AvgIpc) is 3.33. The van der Waals surface area contributed by atoms with Gasteiger partial charge in [0.05, 0.1) is 5.52 Å². The number of carboxylic acid groups (broad SMARTS) is 1. The zero-order valence-electron chi connectivity index (χ0n) is 14.8. The quantitative estimate of drug-likeness (QED) is 0.484. The third-order valence-corrected chi connectivity index (χ3v) is 5.04. The number of nitrogens with zero attached hydrogens (tertiary/aromatic N) is 3. The molecule has 0 amide bonds. The lowest BCUT2D eigenvalue weighted by Gasteiger charge is -2.05. The Morgan fingerprint density at radius 2 is 1.89 bits per heavy atom. The van der Waals surface area contributed by atoms with Crippen molar-refractivity contribution in [3.63, 3.8) is 0 Å². The van der Waals surface area contributed by atoms with Crippen molar-refractivity contribution in [2.24, 2.45) is 0 Å². The van der Waals surface area contributed by atoms with E-state index in [1.807, 2.05) is 48.8 Å². The van der Waals surface area contributed by atoms with Crippen molar-refractivity contribution in [2.75, 3.05) is 0 Å². The minimum atomic E-state index is -0.981.